The molecule has 6 nitrogen and oxygen atoms in total. The number of benzene rings is 1. The standard InChI is InChI=1S/C17H18ClNO5/c1-9-10(2)17(21)24-14-8-15(13(18)7-12(9)14)23-11(3)16(20)19-5-4-6-22-19/h7-8,11H,4-6H2,1-3H3. The molecular weight excluding hydrogens is 334 g/mol. The molecule has 1 fully saturated rings. The Morgan fingerprint density at radius 1 is 1.33 bits per heavy atom. The van der Waals surface area contributed by atoms with E-state index in [4.69, 9.17) is 25.6 Å². The molecule has 0 spiro atoms. The van der Waals surface area contributed by atoms with Gasteiger partial charge in [0.15, 0.2) is 6.10 Å². The number of aryl methyl sites for hydroxylation is 1. The van der Waals surface area contributed by atoms with Crippen LogP contribution >= 0.6 is 11.6 Å². The van der Waals surface area contributed by atoms with E-state index in [1.165, 1.54) is 5.06 Å². The monoisotopic (exact) mass is 351 g/mol. The van der Waals surface area contributed by atoms with Crippen molar-refractivity contribution in [3.05, 3.63) is 38.7 Å². The number of carbonyl (C=O) groups excluding carboxylic acids is 1. The molecule has 1 aliphatic heterocycles. The van der Waals surface area contributed by atoms with Gasteiger partial charge in [-0.15, -0.1) is 0 Å². The van der Waals surface area contributed by atoms with E-state index in [-0.39, 0.29) is 11.7 Å². The van der Waals surface area contributed by atoms with Crippen molar-refractivity contribution in [3.8, 4) is 5.75 Å². The second-order valence-corrected chi connectivity index (χ2v) is 6.21. The van der Waals surface area contributed by atoms with Crippen LogP contribution in [0.1, 0.15) is 24.5 Å². The molecule has 1 amide bonds. The van der Waals surface area contributed by atoms with Crippen LogP contribution in [0.2, 0.25) is 5.02 Å². The Morgan fingerprint density at radius 2 is 2.08 bits per heavy atom. The molecule has 7 heteroatoms. The number of ether oxygens (including phenoxy) is 1. The fourth-order valence-electron chi connectivity index (χ4n) is 2.60. The molecule has 1 unspecified atom stereocenters. The number of nitrogens with zero attached hydrogens (tertiary/aromatic N) is 1. The first kappa shape index (κ1) is 16.8. The summed E-state index contributed by atoms with van der Waals surface area (Å²) in [6, 6.07) is 3.22. The summed E-state index contributed by atoms with van der Waals surface area (Å²) in [5, 5.41) is 2.39. The highest BCUT2D eigenvalue weighted by molar-refractivity contribution is 6.32. The summed E-state index contributed by atoms with van der Waals surface area (Å²) >= 11 is 6.27. The first-order valence-corrected chi connectivity index (χ1v) is 8.11. The zero-order chi connectivity index (χ0) is 17.4. The summed E-state index contributed by atoms with van der Waals surface area (Å²) < 4.78 is 11.0. The fraction of sp³-hybridized carbons (Fsp3) is 0.412. The van der Waals surface area contributed by atoms with Gasteiger partial charge in [-0.1, -0.05) is 11.6 Å². The predicted molar refractivity (Wildman–Crippen MR) is 89.3 cm³/mol. The second kappa shape index (κ2) is 6.45. The summed E-state index contributed by atoms with van der Waals surface area (Å²) in [5.41, 5.74) is 1.33. The van der Waals surface area contributed by atoms with Gasteiger partial charge in [-0.05, 0) is 38.8 Å². The van der Waals surface area contributed by atoms with Crippen LogP contribution in [0.5, 0.6) is 5.75 Å². The molecule has 24 heavy (non-hydrogen) atoms. The maximum Gasteiger partial charge on any atom is 0.339 e. The van der Waals surface area contributed by atoms with Gasteiger partial charge in [-0.3, -0.25) is 9.63 Å². The zero-order valence-corrected chi connectivity index (χ0v) is 14.5. The molecule has 1 atom stereocenters. The molecule has 0 bridgehead atoms. The Bertz CT molecular complexity index is 854. The first-order valence-electron chi connectivity index (χ1n) is 7.73. The van der Waals surface area contributed by atoms with Crippen molar-refractivity contribution in [2.24, 2.45) is 0 Å². The number of carbonyl (C=O) groups is 1. The van der Waals surface area contributed by atoms with Crippen LogP contribution in [0.25, 0.3) is 11.0 Å². The van der Waals surface area contributed by atoms with Gasteiger partial charge in [0.2, 0.25) is 0 Å². The highest BCUT2D eigenvalue weighted by Gasteiger charge is 2.26. The average molecular weight is 352 g/mol. The Kier molecular flexibility index (Phi) is 4.51. The SMILES string of the molecule is Cc1c(C)c2cc(Cl)c(OC(C)C(=O)N3CCCO3)cc2oc1=O. The predicted octanol–water partition coefficient (Wildman–Crippen LogP) is 2.99. The van der Waals surface area contributed by atoms with Crippen molar-refractivity contribution >= 4 is 28.5 Å². The first-order chi connectivity index (χ1) is 11.4. The summed E-state index contributed by atoms with van der Waals surface area (Å²) in [5.74, 6) is 0.0146. The molecule has 1 aliphatic rings. The minimum atomic E-state index is -0.767. The highest BCUT2D eigenvalue weighted by atomic mass is 35.5. The van der Waals surface area contributed by atoms with Gasteiger partial charge in [0.05, 0.1) is 18.2 Å². The van der Waals surface area contributed by atoms with Crippen LogP contribution in [-0.2, 0) is 9.63 Å². The van der Waals surface area contributed by atoms with Gasteiger partial charge in [0, 0.05) is 17.0 Å². The summed E-state index contributed by atoms with van der Waals surface area (Å²) in [6.45, 7) is 6.24. The Labute approximate surface area is 143 Å². The average Bonchev–Trinajstić information content (AvgIpc) is 3.08. The Balaban J connectivity index is 1.92. The number of hydrogen-bond donors (Lipinski definition) is 0. The summed E-state index contributed by atoms with van der Waals surface area (Å²) in [4.78, 5) is 29.3. The lowest BCUT2D eigenvalue weighted by atomic mass is 10.1. The van der Waals surface area contributed by atoms with Crippen molar-refractivity contribution in [2.75, 3.05) is 13.2 Å². The van der Waals surface area contributed by atoms with Crippen molar-refractivity contribution in [1.29, 1.82) is 0 Å². The van der Waals surface area contributed by atoms with E-state index in [1.807, 2.05) is 6.92 Å². The summed E-state index contributed by atoms with van der Waals surface area (Å²) in [6.07, 6.45) is 0.0372. The van der Waals surface area contributed by atoms with E-state index in [1.54, 1.807) is 26.0 Å². The van der Waals surface area contributed by atoms with Gasteiger partial charge >= 0.3 is 5.63 Å². The van der Waals surface area contributed by atoms with Crippen molar-refractivity contribution in [1.82, 2.24) is 5.06 Å². The normalized spacial score (nSPS) is 15.8. The van der Waals surface area contributed by atoms with Crippen LogP contribution in [0, 0.1) is 13.8 Å². The quantitative estimate of drug-likeness (QED) is 0.795. The molecule has 128 valence electrons. The summed E-state index contributed by atoms with van der Waals surface area (Å²) in [7, 11) is 0. The zero-order valence-electron chi connectivity index (χ0n) is 13.7. The maximum absolute atomic E-state index is 12.2. The number of hydroxylamine groups is 2. The van der Waals surface area contributed by atoms with E-state index in [0.717, 1.165) is 17.4 Å². The van der Waals surface area contributed by atoms with E-state index >= 15 is 0 Å². The molecule has 2 heterocycles. The van der Waals surface area contributed by atoms with Crippen molar-refractivity contribution < 1.29 is 18.8 Å². The molecule has 0 aliphatic carbocycles. The molecule has 2 aromatic rings. The Hall–Kier alpha value is -2.05. The van der Waals surface area contributed by atoms with Gasteiger partial charge in [0.1, 0.15) is 11.3 Å². The largest absolute Gasteiger partial charge is 0.479 e. The van der Waals surface area contributed by atoms with E-state index in [2.05, 4.69) is 0 Å². The number of halogens is 1. The maximum atomic E-state index is 12.2. The van der Waals surface area contributed by atoms with Crippen LogP contribution < -0.4 is 10.4 Å². The van der Waals surface area contributed by atoms with Gasteiger partial charge in [-0.25, -0.2) is 9.86 Å². The third kappa shape index (κ3) is 2.99. The lowest BCUT2D eigenvalue weighted by Gasteiger charge is -2.20. The van der Waals surface area contributed by atoms with E-state index in [0.29, 0.717) is 29.3 Å². The third-order valence-corrected chi connectivity index (χ3v) is 4.45. The molecule has 0 N–H and O–H groups in total. The van der Waals surface area contributed by atoms with Gasteiger partial charge in [0.25, 0.3) is 5.91 Å². The van der Waals surface area contributed by atoms with Crippen molar-refractivity contribution in [3.63, 3.8) is 0 Å². The molecule has 3 rings (SSSR count). The fourth-order valence-corrected chi connectivity index (χ4v) is 2.81. The van der Waals surface area contributed by atoms with Gasteiger partial charge < -0.3 is 9.15 Å². The second-order valence-electron chi connectivity index (χ2n) is 5.81. The number of hydrogen-bond acceptors (Lipinski definition) is 5. The highest BCUT2D eigenvalue weighted by Crippen LogP contribution is 2.32. The van der Waals surface area contributed by atoms with Crippen LogP contribution in [0.4, 0.5) is 0 Å². The Morgan fingerprint density at radius 3 is 2.75 bits per heavy atom. The number of rotatable bonds is 3. The number of fused-ring (bicyclic) bond motifs is 1. The molecule has 0 radical (unpaired) electrons. The molecule has 1 saturated heterocycles. The lowest BCUT2D eigenvalue weighted by Crippen LogP contribution is -2.37. The van der Waals surface area contributed by atoms with Crippen LogP contribution in [0.3, 0.4) is 0 Å². The van der Waals surface area contributed by atoms with Crippen LogP contribution in [-0.4, -0.2) is 30.2 Å². The minimum absolute atomic E-state index is 0.273. The molecular formula is C17H18ClNO5. The minimum Gasteiger partial charge on any atom is -0.479 e. The molecule has 1 aromatic carbocycles. The van der Waals surface area contributed by atoms with E-state index < -0.39 is 11.7 Å². The molecule has 1 aromatic heterocycles. The number of amides is 1. The van der Waals surface area contributed by atoms with Crippen molar-refractivity contribution in [2.45, 2.75) is 33.3 Å². The topological polar surface area (TPSA) is 69.0 Å². The van der Waals surface area contributed by atoms with Crippen LogP contribution in [0.15, 0.2) is 21.3 Å². The van der Waals surface area contributed by atoms with E-state index in [9.17, 15) is 9.59 Å². The smallest absolute Gasteiger partial charge is 0.339 e. The third-order valence-electron chi connectivity index (χ3n) is 4.16. The lowest BCUT2D eigenvalue weighted by molar-refractivity contribution is -0.175. The van der Waals surface area contributed by atoms with Gasteiger partial charge in [-0.2, -0.15) is 0 Å². The molecule has 0 saturated carbocycles.